The summed E-state index contributed by atoms with van der Waals surface area (Å²) in [5.74, 6) is 0. The van der Waals surface area contributed by atoms with Gasteiger partial charge in [-0.05, 0) is 51.4 Å². The number of piperidine rings is 1. The Kier molecular flexibility index (Phi) is 4.94. The van der Waals surface area contributed by atoms with E-state index in [0.717, 1.165) is 12.6 Å². The Morgan fingerprint density at radius 3 is 2.52 bits per heavy atom. The highest BCUT2D eigenvalue weighted by Crippen LogP contribution is 2.22. The van der Waals surface area contributed by atoms with E-state index in [9.17, 15) is 0 Å². The third-order valence-corrected chi connectivity index (χ3v) is 5.11. The van der Waals surface area contributed by atoms with E-state index >= 15 is 0 Å². The van der Waals surface area contributed by atoms with Crippen molar-refractivity contribution in [1.29, 1.82) is 0 Å². The van der Waals surface area contributed by atoms with E-state index < -0.39 is 0 Å². The number of likely N-dealkylation sites (tertiary alicyclic amines) is 2. The first-order valence-electron chi connectivity index (χ1n) is 8.51. The lowest BCUT2D eigenvalue weighted by molar-refractivity contribution is 0.161. The minimum absolute atomic E-state index is 0.144. The summed E-state index contributed by atoms with van der Waals surface area (Å²) in [5.41, 5.74) is 8.96. The molecule has 2 fully saturated rings. The molecular weight excluding hydrogens is 258 g/mol. The van der Waals surface area contributed by atoms with Crippen LogP contribution in [0.3, 0.4) is 0 Å². The largest absolute Gasteiger partial charge is 0.323 e. The maximum Gasteiger partial charge on any atom is 0.0424 e. The third-order valence-electron chi connectivity index (χ3n) is 5.11. The van der Waals surface area contributed by atoms with Crippen LogP contribution in [0.25, 0.3) is 0 Å². The molecule has 0 radical (unpaired) electrons. The van der Waals surface area contributed by atoms with Gasteiger partial charge in [0.05, 0.1) is 0 Å². The van der Waals surface area contributed by atoms with Crippen LogP contribution in [0.5, 0.6) is 0 Å². The average Bonchev–Trinajstić information content (AvgIpc) is 2.97. The van der Waals surface area contributed by atoms with Crippen molar-refractivity contribution < 1.29 is 0 Å². The minimum Gasteiger partial charge on any atom is -0.323 e. The van der Waals surface area contributed by atoms with Crippen LogP contribution in [-0.4, -0.2) is 48.6 Å². The number of benzene rings is 1. The predicted molar refractivity (Wildman–Crippen MR) is 88.4 cm³/mol. The van der Waals surface area contributed by atoms with Gasteiger partial charge in [0.1, 0.15) is 0 Å². The quantitative estimate of drug-likeness (QED) is 0.924. The number of aryl methyl sites for hydroxylation is 1. The summed E-state index contributed by atoms with van der Waals surface area (Å²) in [5, 5.41) is 0. The molecule has 2 N–H and O–H groups in total. The highest BCUT2D eigenvalue weighted by atomic mass is 15.3. The van der Waals surface area contributed by atoms with Gasteiger partial charge in [-0.1, -0.05) is 36.2 Å². The van der Waals surface area contributed by atoms with Crippen molar-refractivity contribution >= 4 is 0 Å². The zero-order valence-corrected chi connectivity index (χ0v) is 13.3. The molecule has 1 aromatic carbocycles. The lowest BCUT2D eigenvalue weighted by Gasteiger charge is -2.32. The molecule has 116 valence electrons. The zero-order chi connectivity index (χ0) is 14.7. The summed E-state index contributed by atoms with van der Waals surface area (Å²) in [7, 11) is 0. The summed E-state index contributed by atoms with van der Waals surface area (Å²) in [4.78, 5) is 5.27. The van der Waals surface area contributed by atoms with E-state index in [1.165, 1.54) is 63.0 Å². The first kappa shape index (κ1) is 15.0. The number of hydrogen-bond donors (Lipinski definition) is 1. The number of nitrogens with zero attached hydrogens (tertiary/aromatic N) is 2. The summed E-state index contributed by atoms with van der Waals surface area (Å²) in [6, 6.07) is 9.60. The van der Waals surface area contributed by atoms with Crippen LogP contribution in [0.4, 0.5) is 0 Å². The Labute approximate surface area is 129 Å². The van der Waals surface area contributed by atoms with E-state index in [1.54, 1.807) is 0 Å². The van der Waals surface area contributed by atoms with Crippen LogP contribution in [0, 0.1) is 6.92 Å². The summed E-state index contributed by atoms with van der Waals surface area (Å²) in [6.07, 6.45) is 5.52. The third kappa shape index (κ3) is 3.85. The number of hydrogen-bond acceptors (Lipinski definition) is 3. The van der Waals surface area contributed by atoms with Crippen molar-refractivity contribution in [2.45, 2.75) is 44.7 Å². The van der Waals surface area contributed by atoms with Crippen LogP contribution < -0.4 is 5.73 Å². The molecule has 3 rings (SSSR count). The molecule has 0 spiro atoms. The topological polar surface area (TPSA) is 32.5 Å². The maximum absolute atomic E-state index is 6.39. The van der Waals surface area contributed by atoms with Crippen molar-refractivity contribution in [2.24, 2.45) is 5.73 Å². The highest BCUT2D eigenvalue weighted by molar-refractivity contribution is 5.24. The molecule has 2 heterocycles. The normalized spacial score (nSPS) is 26.1. The summed E-state index contributed by atoms with van der Waals surface area (Å²) < 4.78 is 0. The van der Waals surface area contributed by atoms with Crippen molar-refractivity contribution in [3.63, 3.8) is 0 Å². The van der Waals surface area contributed by atoms with E-state index in [0.29, 0.717) is 0 Å². The molecule has 3 heteroatoms. The fraction of sp³-hybridized carbons (Fsp3) is 0.667. The second kappa shape index (κ2) is 6.91. The van der Waals surface area contributed by atoms with E-state index in [2.05, 4.69) is 41.0 Å². The van der Waals surface area contributed by atoms with Crippen molar-refractivity contribution in [3.8, 4) is 0 Å². The minimum atomic E-state index is 0.144. The molecule has 21 heavy (non-hydrogen) atoms. The number of nitrogens with two attached hydrogens (primary N) is 1. The molecule has 1 aromatic rings. The van der Waals surface area contributed by atoms with Gasteiger partial charge in [-0.25, -0.2) is 0 Å². The first-order chi connectivity index (χ1) is 10.2. The van der Waals surface area contributed by atoms with Gasteiger partial charge in [-0.3, -0.25) is 9.80 Å². The molecule has 0 aromatic heterocycles. The van der Waals surface area contributed by atoms with Crippen LogP contribution in [0.15, 0.2) is 24.3 Å². The summed E-state index contributed by atoms with van der Waals surface area (Å²) in [6.45, 7) is 8.15. The molecule has 3 nitrogen and oxygen atoms in total. The lowest BCUT2D eigenvalue weighted by atomic mass is 10.1. The standard InChI is InChI=1S/C18H29N3/c1-15-5-7-16(8-6-15)18(19)14-20-12-9-17(13-20)21-10-3-2-4-11-21/h5-8,17-18H,2-4,9-14,19H2,1H3. The molecule has 2 atom stereocenters. The van der Waals surface area contributed by atoms with Crippen LogP contribution in [-0.2, 0) is 0 Å². The van der Waals surface area contributed by atoms with Gasteiger partial charge in [-0.15, -0.1) is 0 Å². The van der Waals surface area contributed by atoms with Crippen LogP contribution in [0.1, 0.15) is 42.9 Å². The Hall–Kier alpha value is -0.900. The van der Waals surface area contributed by atoms with Gasteiger partial charge in [0.25, 0.3) is 0 Å². The summed E-state index contributed by atoms with van der Waals surface area (Å²) >= 11 is 0. The molecule has 2 saturated heterocycles. The molecule has 2 aliphatic heterocycles. The van der Waals surface area contributed by atoms with Gasteiger partial charge in [0.15, 0.2) is 0 Å². The molecule has 2 aliphatic rings. The molecule has 0 amide bonds. The van der Waals surface area contributed by atoms with Crippen LogP contribution in [0.2, 0.25) is 0 Å². The monoisotopic (exact) mass is 287 g/mol. The van der Waals surface area contributed by atoms with E-state index in [4.69, 9.17) is 5.73 Å². The van der Waals surface area contributed by atoms with Gasteiger partial charge >= 0.3 is 0 Å². The van der Waals surface area contributed by atoms with Crippen molar-refractivity contribution in [3.05, 3.63) is 35.4 Å². The van der Waals surface area contributed by atoms with Gasteiger partial charge in [0.2, 0.25) is 0 Å². The van der Waals surface area contributed by atoms with Gasteiger partial charge < -0.3 is 5.73 Å². The molecule has 2 unspecified atom stereocenters. The van der Waals surface area contributed by atoms with Crippen molar-refractivity contribution in [2.75, 3.05) is 32.7 Å². The fourth-order valence-electron chi connectivity index (χ4n) is 3.76. The lowest BCUT2D eigenvalue weighted by Crippen LogP contribution is -2.41. The van der Waals surface area contributed by atoms with Crippen molar-refractivity contribution in [1.82, 2.24) is 9.80 Å². The first-order valence-corrected chi connectivity index (χ1v) is 8.51. The highest BCUT2D eigenvalue weighted by Gasteiger charge is 2.29. The van der Waals surface area contributed by atoms with Crippen LogP contribution >= 0.6 is 0 Å². The predicted octanol–water partition coefficient (Wildman–Crippen LogP) is 2.56. The smallest absolute Gasteiger partial charge is 0.0424 e. The van der Waals surface area contributed by atoms with Gasteiger partial charge in [0, 0.05) is 25.2 Å². The molecule has 0 saturated carbocycles. The van der Waals surface area contributed by atoms with Gasteiger partial charge in [-0.2, -0.15) is 0 Å². The molecule has 0 bridgehead atoms. The second-order valence-electron chi connectivity index (χ2n) is 6.82. The SMILES string of the molecule is Cc1ccc(C(N)CN2CCC(N3CCCCC3)C2)cc1. The fourth-order valence-corrected chi connectivity index (χ4v) is 3.76. The Balaban J connectivity index is 1.50. The number of rotatable bonds is 4. The second-order valence-corrected chi connectivity index (χ2v) is 6.82. The average molecular weight is 287 g/mol. The van der Waals surface area contributed by atoms with E-state index in [1.807, 2.05) is 0 Å². The molecular formula is C18H29N3. The maximum atomic E-state index is 6.39. The Morgan fingerprint density at radius 2 is 1.81 bits per heavy atom. The zero-order valence-electron chi connectivity index (χ0n) is 13.3. The Morgan fingerprint density at radius 1 is 1.10 bits per heavy atom. The van der Waals surface area contributed by atoms with E-state index in [-0.39, 0.29) is 6.04 Å². The Bertz CT molecular complexity index is 436. The molecule has 0 aliphatic carbocycles.